The number of carbonyl (C=O) groups is 1. The molecule has 0 aliphatic carbocycles. The van der Waals surface area contributed by atoms with Gasteiger partial charge in [-0.05, 0) is 55.0 Å². The highest BCUT2D eigenvalue weighted by Crippen LogP contribution is 2.33. The lowest BCUT2D eigenvalue weighted by Gasteiger charge is -2.12. The fourth-order valence-electron chi connectivity index (χ4n) is 2.75. The van der Waals surface area contributed by atoms with Crippen molar-refractivity contribution in [3.63, 3.8) is 0 Å². The van der Waals surface area contributed by atoms with Crippen molar-refractivity contribution >= 4 is 33.3 Å². The van der Waals surface area contributed by atoms with E-state index in [0.717, 1.165) is 26.5 Å². The number of rotatable bonds is 5. The number of thiazole rings is 1. The van der Waals surface area contributed by atoms with Crippen molar-refractivity contribution < 1.29 is 13.9 Å². The first-order valence-corrected chi connectivity index (χ1v) is 9.41. The lowest BCUT2D eigenvalue weighted by molar-refractivity contribution is -0.118. The van der Waals surface area contributed by atoms with Crippen LogP contribution in [0.15, 0.2) is 60.8 Å². The zero-order chi connectivity index (χ0) is 19.5. The molecule has 0 saturated heterocycles. The van der Waals surface area contributed by atoms with Gasteiger partial charge >= 0.3 is 0 Å². The van der Waals surface area contributed by atoms with Gasteiger partial charge in [0, 0.05) is 17.4 Å². The molecule has 1 amide bonds. The Hall–Kier alpha value is -3.32. The van der Waals surface area contributed by atoms with E-state index in [1.807, 2.05) is 37.3 Å². The number of halogens is 1. The number of carbonyl (C=O) groups excluding carboxylic acids is 1. The Morgan fingerprint density at radius 1 is 1.14 bits per heavy atom. The van der Waals surface area contributed by atoms with Gasteiger partial charge in [0.1, 0.15) is 26.9 Å². The Bertz CT molecular complexity index is 1110. The first kappa shape index (κ1) is 18.1. The highest BCUT2D eigenvalue weighted by atomic mass is 32.1. The van der Waals surface area contributed by atoms with Gasteiger partial charge in [-0.2, -0.15) is 0 Å². The molecule has 2 heterocycles. The maximum absolute atomic E-state index is 12.9. The summed E-state index contributed by atoms with van der Waals surface area (Å²) in [5.74, 6) is -0.214. The van der Waals surface area contributed by atoms with Crippen molar-refractivity contribution in [1.82, 2.24) is 9.97 Å². The summed E-state index contributed by atoms with van der Waals surface area (Å²) < 4.78 is 18.3. The first-order chi connectivity index (χ1) is 13.6. The molecule has 0 atom stereocenters. The van der Waals surface area contributed by atoms with E-state index in [1.165, 1.54) is 35.6 Å². The molecule has 7 heteroatoms. The van der Waals surface area contributed by atoms with Crippen molar-refractivity contribution in [3.05, 3.63) is 72.2 Å². The van der Waals surface area contributed by atoms with Crippen LogP contribution in [0.5, 0.6) is 5.75 Å². The number of hydrogen-bond acceptors (Lipinski definition) is 5. The summed E-state index contributed by atoms with van der Waals surface area (Å²) in [6, 6.07) is 15.0. The Kier molecular flexibility index (Phi) is 4.99. The van der Waals surface area contributed by atoms with Crippen molar-refractivity contribution in [2.24, 2.45) is 0 Å². The van der Waals surface area contributed by atoms with Gasteiger partial charge in [-0.25, -0.2) is 14.4 Å². The lowest BCUT2D eigenvalue weighted by atomic mass is 10.1. The van der Waals surface area contributed by atoms with Crippen LogP contribution in [0.1, 0.15) is 5.56 Å². The predicted octanol–water partition coefficient (Wildman–Crippen LogP) is 4.82. The monoisotopic (exact) mass is 393 g/mol. The number of benzene rings is 2. The van der Waals surface area contributed by atoms with Gasteiger partial charge < -0.3 is 10.1 Å². The molecule has 0 spiro atoms. The van der Waals surface area contributed by atoms with Crippen molar-refractivity contribution in [2.75, 3.05) is 11.9 Å². The van der Waals surface area contributed by atoms with E-state index in [4.69, 9.17) is 4.74 Å². The molecular formula is C21H16FN3O2S. The van der Waals surface area contributed by atoms with E-state index in [9.17, 15) is 9.18 Å². The molecule has 4 aromatic rings. The minimum absolute atomic E-state index is 0.166. The number of ether oxygens (including phenoxy) is 1. The number of hydrogen-bond donors (Lipinski definition) is 1. The van der Waals surface area contributed by atoms with Gasteiger partial charge in [-0.3, -0.25) is 4.79 Å². The molecule has 0 fully saturated rings. The molecule has 0 aliphatic rings. The van der Waals surface area contributed by atoms with Gasteiger partial charge in [0.15, 0.2) is 6.61 Å². The summed E-state index contributed by atoms with van der Waals surface area (Å²) in [6.07, 6.45) is 1.74. The second-order valence-electron chi connectivity index (χ2n) is 6.12. The smallest absolute Gasteiger partial charge is 0.262 e. The zero-order valence-electron chi connectivity index (χ0n) is 15.0. The molecule has 4 rings (SSSR count). The summed E-state index contributed by atoms with van der Waals surface area (Å²) in [5, 5.41) is 3.71. The van der Waals surface area contributed by atoms with Gasteiger partial charge in [-0.15, -0.1) is 0 Å². The summed E-state index contributed by atoms with van der Waals surface area (Å²) in [7, 11) is 0. The third-order valence-corrected chi connectivity index (χ3v) is 5.20. The average molecular weight is 393 g/mol. The molecular weight excluding hydrogens is 377 g/mol. The zero-order valence-corrected chi connectivity index (χ0v) is 15.8. The van der Waals surface area contributed by atoms with Crippen LogP contribution in [0, 0.1) is 12.7 Å². The molecule has 28 heavy (non-hydrogen) atoms. The second-order valence-corrected chi connectivity index (χ2v) is 7.09. The highest BCUT2D eigenvalue weighted by molar-refractivity contribution is 7.21. The van der Waals surface area contributed by atoms with Crippen LogP contribution in [-0.2, 0) is 4.79 Å². The maximum Gasteiger partial charge on any atom is 0.262 e. The van der Waals surface area contributed by atoms with Crippen LogP contribution in [0.4, 0.5) is 10.1 Å². The Morgan fingerprint density at radius 3 is 2.75 bits per heavy atom. The van der Waals surface area contributed by atoms with Crippen LogP contribution in [0.3, 0.4) is 0 Å². The fourth-order valence-corrected chi connectivity index (χ4v) is 3.74. The molecule has 5 nitrogen and oxygen atoms in total. The Balaban J connectivity index is 1.50. The molecule has 0 aliphatic heterocycles. The minimum Gasteiger partial charge on any atom is -0.484 e. The quantitative estimate of drug-likeness (QED) is 0.528. The summed E-state index contributed by atoms with van der Waals surface area (Å²) in [6.45, 7) is 1.77. The van der Waals surface area contributed by atoms with Crippen LogP contribution >= 0.6 is 11.3 Å². The Morgan fingerprint density at radius 2 is 1.96 bits per heavy atom. The van der Waals surface area contributed by atoms with E-state index in [-0.39, 0.29) is 18.3 Å². The normalized spacial score (nSPS) is 10.8. The first-order valence-electron chi connectivity index (χ1n) is 8.60. The number of amides is 1. The lowest BCUT2D eigenvalue weighted by Crippen LogP contribution is -2.20. The van der Waals surface area contributed by atoms with E-state index >= 15 is 0 Å². The van der Waals surface area contributed by atoms with Crippen molar-refractivity contribution in [2.45, 2.75) is 6.92 Å². The molecule has 2 aromatic heterocycles. The highest BCUT2D eigenvalue weighted by Gasteiger charge is 2.13. The van der Waals surface area contributed by atoms with E-state index in [2.05, 4.69) is 15.3 Å². The number of pyridine rings is 1. The second kappa shape index (κ2) is 7.74. The van der Waals surface area contributed by atoms with Gasteiger partial charge in [0.05, 0.1) is 0 Å². The fraction of sp³-hybridized carbons (Fsp3) is 0.0952. The van der Waals surface area contributed by atoms with Gasteiger partial charge in [0.2, 0.25) is 0 Å². The molecule has 0 unspecified atom stereocenters. The van der Waals surface area contributed by atoms with E-state index < -0.39 is 0 Å². The Labute approximate surface area is 164 Å². The SMILES string of the molecule is Cc1c(NC(=O)COc2ccc(F)cc2)cccc1-c1nc2cccnc2s1. The van der Waals surface area contributed by atoms with Crippen LogP contribution in [0.25, 0.3) is 20.9 Å². The summed E-state index contributed by atoms with van der Waals surface area (Å²) >= 11 is 1.51. The van der Waals surface area contributed by atoms with Crippen LogP contribution < -0.4 is 10.1 Å². The van der Waals surface area contributed by atoms with Crippen LogP contribution in [0.2, 0.25) is 0 Å². The summed E-state index contributed by atoms with van der Waals surface area (Å²) in [5.41, 5.74) is 3.40. The number of nitrogens with one attached hydrogen (secondary N) is 1. The predicted molar refractivity (Wildman–Crippen MR) is 108 cm³/mol. The van der Waals surface area contributed by atoms with Gasteiger partial charge in [0.25, 0.3) is 5.91 Å². The van der Waals surface area contributed by atoms with E-state index in [1.54, 1.807) is 6.20 Å². The van der Waals surface area contributed by atoms with Crippen LogP contribution in [-0.4, -0.2) is 22.5 Å². The molecule has 0 bridgehead atoms. The third-order valence-electron chi connectivity index (χ3n) is 4.19. The molecule has 140 valence electrons. The number of anilines is 1. The van der Waals surface area contributed by atoms with Crippen molar-refractivity contribution in [3.8, 4) is 16.3 Å². The molecule has 0 saturated carbocycles. The van der Waals surface area contributed by atoms with Crippen molar-refractivity contribution in [1.29, 1.82) is 0 Å². The van der Waals surface area contributed by atoms with Gasteiger partial charge in [-0.1, -0.05) is 23.5 Å². The molecule has 0 radical (unpaired) electrons. The number of aromatic nitrogens is 2. The standard InChI is InChI=1S/C21H16FN3O2S/c1-13-16(20-25-18-6-3-11-23-21(18)28-20)4-2-5-17(13)24-19(26)12-27-15-9-7-14(22)8-10-15/h2-11H,12H2,1H3,(H,24,26). The number of nitrogens with zero attached hydrogens (tertiary/aromatic N) is 2. The third kappa shape index (κ3) is 3.84. The molecule has 2 aromatic carbocycles. The average Bonchev–Trinajstić information content (AvgIpc) is 3.13. The maximum atomic E-state index is 12.9. The summed E-state index contributed by atoms with van der Waals surface area (Å²) in [4.78, 5) is 22.1. The minimum atomic E-state index is -0.353. The topological polar surface area (TPSA) is 64.1 Å². The van der Waals surface area contributed by atoms with E-state index in [0.29, 0.717) is 11.4 Å². The number of fused-ring (bicyclic) bond motifs is 1. The largest absolute Gasteiger partial charge is 0.484 e. The molecule has 1 N–H and O–H groups in total.